The normalized spacial score (nSPS) is 12.5. The first-order valence-corrected chi connectivity index (χ1v) is 5.60. The first-order valence-electron chi connectivity index (χ1n) is 4.66. The second-order valence-corrected chi connectivity index (χ2v) is 4.31. The number of nitrogens with two attached hydrogens (primary N) is 1. The van der Waals surface area contributed by atoms with Crippen molar-refractivity contribution in [1.82, 2.24) is 0 Å². The number of rotatable bonds is 4. The summed E-state index contributed by atoms with van der Waals surface area (Å²) < 4.78 is 0. The molecule has 78 valence electrons. The maximum absolute atomic E-state index is 11.5. The van der Waals surface area contributed by atoms with Gasteiger partial charge in [0.25, 0.3) is 0 Å². The van der Waals surface area contributed by atoms with E-state index in [1.807, 2.05) is 24.6 Å². The highest BCUT2D eigenvalue weighted by Crippen LogP contribution is 2.19. The molecule has 0 aromatic carbocycles. The summed E-state index contributed by atoms with van der Waals surface area (Å²) in [6, 6.07) is 0. The first-order chi connectivity index (χ1) is 6.63. The van der Waals surface area contributed by atoms with Crippen molar-refractivity contribution >= 4 is 22.9 Å². The monoisotopic (exact) mass is 212 g/mol. The number of anilines is 1. The van der Waals surface area contributed by atoms with E-state index < -0.39 is 0 Å². The smallest absolute Gasteiger partial charge is 0.224 e. The lowest BCUT2D eigenvalue weighted by molar-refractivity contribution is -0.116. The van der Waals surface area contributed by atoms with Crippen LogP contribution in [0.3, 0.4) is 0 Å². The van der Waals surface area contributed by atoms with Crippen molar-refractivity contribution < 1.29 is 4.79 Å². The molecule has 3 N–H and O–H groups in total. The summed E-state index contributed by atoms with van der Waals surface area (Å²) in [7, 11) is 0. The molecule has 0 saturated carbocycles. The van der Waals surface area contributed by atoms with Crippen LogP contribution in [0, 0.1) is 12.8 Å². The number of aryl methyl sites for hydroxylation is 1. The molecule has 14 heavy (non-hydrogen) atoms. The van der Waals surface area contributed by atoms with Crippen LogP contribution in [-0.4, -0.2) is 12.5 Å². The Bertz CT molecular complexity index is 309. The Kier molecular flexibility index (Phi) is 4.10. The van der Waals surface area contributed by atoms with E-state index in [2.05, 4.69) is 5.32 Å². The Hall–Kier alpha value is -0.870. The highest BCUT2D eigenvalue weighted by molar-refractivity contribution is 7.08. The SMILES string of the molecule is Cc1cscc1NC(=O)CC(C)CN. The minimum absolute atomic E-state index is 0.0458. The van der Waals surface area contributed by atoms with E-state index in [9.17, 15) is 4.79 Å². The van der Waals surface area contributed by atoms with E-state index in [1.54, 1.807) is 11.3 Å². The van der Waals surface area contributed by atoms with Gasteiger partial charge in [-0.1, -0.05) is 6.92 Å². The number of hydrogen-bond donors (Lipinski definition) is 2. The number of hydrogen-bond acceptors (Lipinski definition) is 3. The zero-order valence-electron chi connectivity index (χ0n) is 8.54. The van der Waals surface area contributed by atoms with Gasteiger partial charge in [0, 0.05) is 11.8 Å². The van der Waals surface area contributed by atoms with Crippen molar-refractivity contribution in [3.8, 4) is 0 Å². The zero-order valence-corrected chi connectivity index (χ0v) is 9.36. The molecule has 0 bridgehead atoms. The summed E-state index contributed by atoms with van der Waals surface area (Å²) in [6.07, 6.45) is 0.492. The molecule has 1 rings (SSSR count). The van der Waals surface area contributed by atoms with Crippen molar-refractivity contribution in [2.75, 3.05) is 11.9 Å². The molecule has 0 radical (unpaired) electrons. The maximum Gasteiger partial charge on any atom is 0.224 e. The minimum atomic E-state index is 0.0458. The molecule has 0 aliphatic rings. The molecule has 1 aromatic rings. The number of amides is 1. The quantitative estimate of drug-likeness (QED) is 0.801. The predicted molar refractivity (Wildman–Crippen MR) is 60.5 cm³/mol. The van der Waals surface area contributed by atoms with Gasteiger partial charge in [-0.05, 0) is 30.3 Å². The molecule has 0 aliphatic carbocycles. The van der Waals surface area contributed by atoms with Crippen molar-refractivity contribution in [3.05, 3.63) is 16.3 Å². The molecule has 0 saturated heterocycles. The summed E-state index contributed by atoms with van der Waals surface area (Å²) in [5, 5.41) is 6.83. The van der Waals surface area contributed by atoms with Crippen LogP contribution in [0.25, 0.3) is 0 Å². The molecular weight excluding hydrogens is 196 g/mol. The van der Waals surface area contributed by atoms with Crippen LogP contribution in [0.1, 0.15) is 18.9 Å². The van der Waals surface area contributed by atoms with E-state index in [0.29, 0.717) is 13.0 Å². The van der Waals surface area contributed by atoms with Crippen molar-refractivity contribution in [1.29, 1.82) is 0 Å². The Morgan fingerprint density at radius 1 is 1.64 bits per heavy atom. The molecule has 1 heterocycles. The summed E-state index contributed by atoms with van der Waals surface area (Å²) in [5.74, 6) is 0.290. The third-order valence-corrected chi connectivity index (χ3v) is 2.93. The molecule has 1 aromatic heterocycles. The molecule has 1 unspecified atom stereocenters. The highest BCUT2D eigenvalue weighted by atomic mass is 32.1. The third-order valence-electron chi connectivity index (χ3n) is 2.07. The van der Waals surface area contributed by atoms with Crippen LogP contribution in [0.5, 0.6) is 0 Å². The topological polar surface area (TPSA) is 55.1 Å². The Balaban J connectivity index is 2.45. The van der Waals surface area contributed by atoms with E-state index in [1.165, 1.54) is 0 Å². The van der Waals surface area contributed by atoms with Crippen LogP contribution < -0.4 is 11.1 Å². The molecule has 0 aliphatic heterocycles. The summed E-state index contributed by atoms with van der Waals surface area (Å²) in [5.41, 5.74) is 7.48. The molecular formula is C10H16N2OS. The Morgan fingerprint density at radius 3 is 2.86 bits per heavy atom. The molecule has 0 fully saturated rings. The van der Waals surface area contributed by atoms with Gasteiger partial charge in [-0.15, -0.1) is 11.3 Å². The van der Waals surface area contributed by atoms with Crippen molar-refractivity contribution in [2.45, 2.75) is 20.3 Å². The molecule has 1 amide bonds. The molecule has 1 atom stereocenters. The van der Waals surface area contributed by atoms with Crippen molar-refractivity contribution in [2.24, 2.45) is 11.7 Å². The van der Waals surface area contributed by atoms with E-state index in [4.69, 9.17) is 5.73 Å². The number of thiophene rings is 1. The molecule has 0 spiro atoms. The lowest BCUT2D eigenvalue weighted by atomic mass is 10.1. The number of carbonyl (C=O) groups is 1. The second-order valence-electron chi connectivity index (χ2n) is 3.56. The Morgan fingerprint density at radius 2 is 2.36 bits per heavy atom. The van der Waals surface area contributed by atoms with Gasteiger partial charge < -0.3 is 11.1 Å². The predicted octanol–water partition coefficient (Wildman–Crippen LogP) is 1.98. The van der Waals surface area contributed by atoms with E-state index in [0.717, 1.165) is 11.3 Å². The lowest BCUT2D eigenvalue weighted by Gasteiger charge is -2.08. The average molecular weight is 212 g/mol. The summed E-state index contributed by atoms with van der Waals surface area (Å²) in [6.45, 7) is 4.51. The summed E-state index contributed by atoms with van der Waals surface area (Å²) in [4.78, 5) is 11.5. The third kappa shape index (κ3) is 3.12. The molecule has 3 nitrogen and oxygen atoms in total. The standard InChI is InChI=1S/C10H16N2OS/c1-7(4-11)3-10(13)12-9-6-14-5-8(9)2/h5-7H,3-4,11H2,1-2H3,(H,12,13). The van der Waals surface area contributed by atoms with Crippen LogP contribution in [0.2, 0.25) is 0 Å². The average Bonchev–Trinajstić information content (AvgIpc) is 2.51. The molecule has 4 heteroatoms. The van der Waals surface area contributed by atoms with Gasteiger partial charge in [0.2, 0.25) is 5.91 Å². The van der Waals surface area contributed by atoms with Gasteiger partial charge in [0.15, 0.2) is 0 Å². The van der Waals surface area contributed by atoms with Gasteiger partial charge in [0.1, 0.15) is 0 Å². The van der Waals surface area contributed by atoms with E-state index in [-0.39, 0.29) is 11.8 Å². The minimum Gasteiger partial charge on any atom is -0.330 e. The highest BCUT2D eigenvalue weighted by Gasteiger charge is 2.08. The second kappa shape index (κ2) is 5.12. The van der Waals surface area contributed by atoms with Gasteiger partial charge in [-0.25, -0.2) is 0 Å². The maximum atomic E-state index is 11.5. The Labute approximate surface area is 88.3 Å². The van der Waals surface area contributed by atoms with Crippen LogP contribution in [0.4, 0.5) is 5.69 Å². The number of carbonyl (C=O) groups excluding carboxylic acids is 1. The van der Waals surface area contributed by atoms with Crippen LogP contribution >= 0.6 is 11.3 Å². The largest absolute Gasteiger partial charge is 0.330 e. The van der Waals surface area contributed by atoms with Crippen LogP contribution in [0.15, 0.2) is 10.8 Å². The van der Waals surface area contributed by atoms with E-state index >= 15 is 0 Å². The van der Waals surface area contributed by atoms with Gasteiger partial charge in [0.05, 0.1) is 5.69 Å². The van der Waals surface area contributed by atoms with Crippen molar-refractivity contribution in [3.63, 3.8) is 0 Å². The lowest BCUT2D eigenvalue weighted by Crippen LogP contribution is -2.20. The fourth-order valence-corrected chi connectivity index (χ4v) is 1.87. The number of nitrogens with one attached hydrogen (secondary N) is 1. The van der Waals surface area contributed by atoms with Gasteiger partial charge in [-0.2, -0.15) is 0 Å². The fraction of sp³-hybridized carbons (Fsp3) is 0.500. The van der Waals surface area contributed by atoms with Crippen LogP contribution in [-0.2, 0) is 4.79 Å². The first kappa shape index (κ1) is 11.2. The van der Waals surface area contributed by atoms with Gasteiger partial charge >= 0.3 is 0 Å². The zero-order chi connectivity index (χ0) is 10.6. The summed E-state index contributed by atoms with van der Waals surface area (Å²) >= 11 is 1.59. The fourth-order valence-electron chi connectivity index (χ4n) is 1.09. The van der Waals surface area contributed by atoms with Gasteiger partial charge in [-0.3, -0.25) is 4.79 Å².